The molecule has 12 nitrogen and oxygen atoms in total. The molecule has 0 radical (unpaired) electrons. The summed E-state index contributed by atoms with van der Waals surface area (Å²) >= 11 is 0. The molecular formula is C21H44N8O4. The second-order valence-corrected chi connectivity index (χ2v) is 7.56. The molecule has 0 amide bonds. The summed E-state index contributed by atoms with van der Waals surface area (Å²) in [6.07, 6.45) is 0. The van der Waals surface area contributed by atoms with Crippen LogP contribution in [0.25, 0.3) is 0 Å². The van der Waals surface area contributed by atoms with E-state index in [1.807, 2.05) is 0 Å². The van der Waals surface area contributed by atoms with E-state index in [1.165, 1.54) is 0 Å². The van der Waals surface area contributed by atoms with Crippen molar-refractivity contribution >= 4 is 11.9 Å². The molecule has 0 aromatic heterocycles. The second kappa shape index (κ2) is 19.6. The van der Waals surface area contributed by atoms with Crippen molar-refractivity contribution in [3.63, 3.8) is 0 Å². The molecule has 0 spiro atoms. The number of hydrogen-bond acceptors (Lipinski definition) is 12. The Morgan fingerprint density at radius 2 is 0.939 bits per heavy atom. The van der Waals surface area contributed by atoms with Crippen molar-refractivity contribution < 1.29 is 19.1 Å². The van der Waals surface area contributed by atoms with Crippen LogP contribution >= 0.6 is 0 Å². The minimum absolute atomic E-state index is 0.320. The van der Waals surface area contributed by atoms with Gasteiger partial charge in [-0.2, -0.15) is 0 Å². The summed E-state index contributed by atoms with van der Waals surface area (Å²) in [4.78, 5) is 22.4. The molecule has 0 aliphatic rings. The Hall–Kier alpha value is -1.90. The van der Waals surface area contributed by atoms with Crippen LogP contribution in [0.3, 0.4) is 0 Å². The van der Waals surface area contributed by atoms with Crippen LogP contribution in [-0.4, -0.2) is 96.5 Å². The van der Waals surface area contributed by atoms with Gasteiger partial charge in [0.25, 0.3) is 0 Å². The quantitative estimate of drug-likeness (QED) is 0.0354. The summed E-state index contributed by atoms with van der Waals surface area (Å²) in [6, 6.07) is 0. The number of nitrogens with two attached hydrogens (primary N) is 2. The summed E-state index contributed by atoms with van der Waals surface area (Å²) in [5.41, 5.74) is 12.8. The molecule has 0 aromatic rings. The molecule has 0 bridgehead atoms. The summed E-state index contributed by atoms with van der Waals surface area (Å²) in [5.74, 6) is -1.89. The molecule has 0 heterocycles. The summed E-state index contributed by atoms with van der Waals surface area (Å²) in [5, 5.41) is 18.9. The van der Waals surface area contributed by atoms with Gasteiger partial charge in [-0.25, -0.2) is 9.59 Å². The average molecular weight is 473 g/mol. The molecule has 0 aliphatic carbocycles. The van der Waals surface area contributed by atoms with Gasteiger partial charge in [0.15, 0.2) is 5.91 Å². The van der Waals surface area contributed by atoms with E-state index < -0.39 is 5.91 Å². The van der Waals surface area contributed by atoms with Crippen molar-refractivity contribution in [2.24, 2.45) is 11.5 Å². The zero-order valence-corrected chi connectivity index (χ0v) is 20.2. The molecule has 33 heavy (non-hydrogen) atoms. The molecule has 0 rings (SSSR count). The lowest BCUT2D eigenvalue weighted by molar-refractivity contribution is -0.139. The molecule has 0 saturated carbocycles. The number of rotatable bonds is 22. The van der Waals surface area contributed by atoms with Gasteiger partial charge in [-0.15, -0.1) is 0 Å². The monoisotopic (exact) mass is 472 g/mol. The fourth-order valence-electron chi connectivity index (χ4n) is 2.31. The highest BCUT2D eigenvalue weighted by Gasteiger charge is 2.15. The van der Waals surface area contributed by atoms with Gasteiger partial charge in [0.1, 0.15) is 13.2 Å². The zero-order valence-electron chi connectivity index (χ0n) is 20.2. The first-order chi connectivity index (χ1) is 15.7. The fourth-order valence-corrected chi connectivity index (χ4v) is 2.31. The minimum atomic E-state index is -1.15. The van der Waals surface area contributed by atoms with Gasteiger partial charge in [-0.3, -0.25) is 22.1 Å². The minimum Gasteiger partial charge on any atom is -0.461 e. The Morgan fingerprint density at radius 3 is 1.27 bits per heavy atom. The highest BCUT2D eigenvalue weighted by Crippen LogP contribution is 1.91. The van der Waals surface area contributed by atoms with E-state index in [2.05, 4.69) is 45.1 Å². The normalized spacial score (nSPS) is 11.3. The highest BCUT2D eigenvalue weighted by molar-refractivity contribution is 5.87. The largest absolute Gasteiger partial charge is 0.461 e. The van der Waals surface area contributed by atoms with Gasteiger partial charge in [-0.1, -0.05) is 13.2 Å². The molecule has 10 N–H and O–H groups in total. The summed E-state index contributed by atoms with van der Waals surface area (Å²) in [7, 11) is 0. The lowest BCUT2D eigenvalue weighted by Crippen LogP contribution is -2.72. The van der Waals surface area contributed by atoms with Crippen LogP contribution in [-0.2, 0) is 19.1 Å². The molecule has 0 unspecified atom stereocenters. The summed E-state index contributed by atoms with van der Waals surface area (Å²) in [6.45, 7) is 17.7. The predicted molar refractivity (Wildman–Crippen MR) is 130 cm³/mol. The number of carbonyl (C=O) groups excluding carboxylic acids is 2. The Bertz CT molecular complexity index is 539. The third kappa shape index (κ3) is 20.4. The molecule has 192 valence electrons. The molecule has 0 aromatic carbocycles. The van der Waals surface area contributed by atoms with Gasteiger partial charge in [0.05, 0.1) is 0 Å². The van der Waals surface area contributed by atoms with Gasteiger partial charge in [0, 0.05) is 76.6 Å². The van der Waals surface area contributed by atoms with Crippen LogP contribution in [0, 0.1) is 0 Å². The molecule has 0 aliphatic heterocycles. The Morgan fingerprint density at radius 1 is 0.636 bits per heavy atom. The van der Waals surface area contributed by atoms with E-state index in [9.17, 15) is 9.59 Å². The topological polar surface area (TPSA) is 177 Å². The maximum absolute atomic E-state index is 11.2. The first kappa shape index (κ1) is 31.1. The van der Waals surface area contributed by atoms with Crippen LogP contribution in [0.1, 0.15) is 13.8 Å². The van der Waals surface area contributed by atoms with Gasteiger partial charge in [0.2, 0.25) is 0 Å². The molecule has 0 saturated heterocycles. The molecule has 0 atom stereocenters. The van der Waals surface area contributed by atoms with Crippen molar-refractivity contribution in [2.75, 3.05) is 78.7 Å². The molecule has 0 fully saturated rings. The van der Waals surface area contributed by atoms with Crippen LogP contribution in [0.4, 0.5) is 0 Å². The van der Waals surface area contributed by atoms with E-state index in [0.717, 1.165) is 26.2 Å². The van der Waals surface area contributed by atoms with E-state index in [4.69, 9.17) is 20.9 Å². The zero-order chi connectivity index (χ0) is 25.0. The van der Waals surface area contributed by atoms with E-state index in [0.29, 0.717) is 63.6 Å². The first-order valence-corrected chi connectivity index (χ1v) is 11.2. The van der Waals surface area contributed by atoms with E-state index in [1.54, 1.807) is 13.8 Å². The van der Waals surface area contributed by atoms with Crippen LogP contribution < -0.4 is 43.4 Å². The van der Waals surface area contributed by atoms with Gasteiger partial charge >= 0.3 is 11.9 Å². The van der Waals surface area contributed by atoms with Gasteiger partial charge < -0.3 is 30.7 Å². The van der Waals surface area contributed by atoms with Crippen molar-refractivity contribution in [1.29, 1.82) is 0 Å². The van der Waals surface area contributed by atoms with Crippen molar-refractivity contribution in [3.05, 3.63) is 24.3 Å². The number of carbonyl (C=O) groups is 2. The smallest absolute Gasteiger partial charge is 0.333 e. The SMILES string of the molecule is C=C(C)C(=O)OCCNCCNCCNC(N)(N)NCCNCCNCCOC(=O)C(=C)C. The van der Waals surface area contributed by atoms with Crippen molar-refractivity contribution in [1.82, 2.24) is 31.9 Å². The third-order valence-electron chi connectivity index (χ3n) is 4.12. The number of nitrogens with one attached hydrogen (secondary N) is 6. The van der Waals surface area contributed by atoms with Crippen LogP contribution in [0.2, 0.25) is 0 Å². The average Bonchev–Trinajstić information content (AvgIpc) is 2.75. The van der Waals surface area contributed by atoms with Crippen molar-refractivity contribution in [3.8, 4) is 0 Å². The lowest BCUT2D eigenvalue weighted by atomic mass is 10.4. The first-order valence-electron chi connectivity index (χ1n) is 11.2. The van der Waals surface area contributed by atoms with E-state index in [-0.39, 0.29) is 11.9 Å². The Labute approximate surface area is 197 Å². The Balaban J connectivity index is 3.44. The second-order valence-electron chi connectivity index (χ2n) is 7.56. The Kier molecular flexibility index (Phi) is 18.4. The van der Waals surface area contributed by atoms with Crippen LogP contribution in [0.15, 0.2) is 24.3 Å². The third-order valence-corrected chi connectivity index (χ3v) is 4.12. The maximum Gasteiger partial charge on any atom is 0.333 e. The van der Waals surface area contributed by atoms with Crippen LogP contribution in [0.5, 0.6) is 0 Å². The lowest BCUT2D eigenvalue weighted by Gasteiger charge is -2.27. The standard InChI is InChI=1S/C21H44N8O4/c1-17(2)19(30)32-15-13-26-7-5-24-9-11-28-21(22,23)29-12-10-25-6-8-27-14-16-33-20(31)18(3)4/h24-29H,1,3,5-16,22-23H2,2,4H3. The number of hydrogen-bond donors (Lipinski definition) is 8. The highest BCUT2D eigenvalue weighted by atomic mass is 16.5. The number of ether oxygens (including phenoxy) is 2. The van der Waals surface area contributed by atoms with Gasteiger partial charge in [-0.05, 0) is 13.8 Å². The molecular weight excluding hydrogens is 428 g/mol. The molecule has 12 heteroatoms. The maximum atomic E-state index is 11.2. The number of esters is 2. The fraction of sp³-hybridized carbons (Fsp3) is 0.714. The summed E-state index contributed by atoms with van der Waals surface area (Å²) < 4.78 is 9.96. The van der Waals surface area contributed by atoms with E-state index >= 15 is 0 Å². The van der Waals surface area contributed by atoms with Crippen molar-refractivity contribution in [2.45, 2.75) is 19.8 Å². The predicted octanol–water partition coefficient (Wildman–Crippen LogP) is -2.71.